The molecule has 1 heterocycles. The molecule has 3 aliphatic rings. The molecule has 0 bridgehead atoms. The molecule has 55 heavy (non-hydrogen) atoms. The predicted molar refractivity (Wildman–Crippen MR) is 213 cm³/mol. The van der Waals surface area contributed by atoms with Gasteiger partial charge in [0, 0.05) is 29.0 Å². The summed E-state index contributed by atoms with van der Waals surface area (Å²) in [7, 11) is -5.52. The molecule has 2 aromatic carbocycles. The van der Waals surface area contributed by atoms with E-state index in [4.69, 9.17) is 4.74 Å². The fourth-order valence-corrected chi connectivity index (χ4v) is 10.5. The summed E-state index contributed by atoms with van der Waals surface area (Å²) in [5.41, 5.74) is -0.701. The van der Waals surface area contributed by atoms with Gasteiger partial charge in [0.05, 0.1) is 10.00 Å². The van der Waals surface area contributed by atoms with Crippen LogP contribution in [0.4, 0.5) is 4.79 Å². The summed E-state index contributed by atoms with van der Waals surface area (Å²) in [6, 6.07) is 15.0. The second-order valence-corrected chi connectivity index (χ2v) is 21.0. The third-order valence-electron chi connectivity index (χ3n) is 10.6. The zero-order chi connectivity index (χ0) is 40.6. The van der Waals surface area contributed by atoms with E-state index in [0.717, 1.165) is 17.5 Å². The van der Waals surface area contributed by atoms with Crippen molar-refractivity contribution in [1.82, 2.24) is 20.3 Å². The van der Waals surface area contributed by atoms with Crippen molar-refractivity contribution in [2.45, 2.75) is 120 Å². The highest BCUT2D eigenvalue weighted by atomic mass is 32.2. The van der Waals surface area contributed by atoms with E-state index in [2.05, 4.69) is 21.9 Å². The molecule has 4 amide bonds. The number of hydrogen-bond acceptors (Lipinski definition) is 8. The van der Waals surface area contributed by atoms with E-state index in [9.17, 15) is 31.8 Å². The van der Waals surface area contributed by atoms with Crippen molar-refractivity contribution >= 4 is 44.6 Å². The van der Waals surface area contributed by atoms with Gasteiger partial charge in [-0.25, -0.2) is 13.2 Å². The van der Waals surface area contributed by atoms with Crippen molar-refractivity contribution in [3.8, 4) is 11.1 Å². The van der Waals surface area contributed by atoms with E-state index in [1.54, 1.807) is 41.5 Å². The predicted octanol–water partition coefficient (Wildman–Crippen LogP) is 5.31. The molecule has 2 saturated carbocycles. The molecule has 0 spiro atoms. The fraction of sp³-hybridized carbons (Fsp3) is 0.561. The van der Waals surface area contributed by atoms with Gasteiger partial charge in [0.2, 0.25) is 21.8 Å². The number of unbranched alkanes of at least 4 members (excludes halogenated alkanes) is 1. The van der Waals surface area contributed by atoms with E-state index in [1.165, 1.54) is 11.0 Å². The van der Waals surface area contributed by atoms with E-state index >= 15 is 0 Å². The number of ether oxygens (including phenoxy) is 1. The normalized spacial score (nSPS) is 25.0. The molecule has 3 N–H and O–H groups in total. The van der Waals surface area contributed by atoms with Gasteiger partial charge in [0.1, 0.15) is 23.2 Å². The molecule has 1 aliphatic heterocycles. The van der Waals surface area contributed by atoms with Gasteiger partial charge in [0.25, 0.3) is 5.91 Å². The first kappa shape index (κ1) is 42.1. The minimum absolute atomic E-state index is 0.0499. The number of alkyl carbamates (subject to hydrolysis) is 1. The van der Waals surface area contributed by atoms with Gasteiger partial charge < -0.3 is 20.3 Å². The monoisotopic (exact) mass is 796 g/mol. The summed E-state index contributed by atoms with van der Waals surface area (Å²) in [6.07, 6.45) is 3.07. The Kier molecular flexibility index (Phi) is 12.1. The van der Waals surface area contributed by atoms with E-state index in [1.807, 2.05) is 61.5 Å². The Morgan fingerprint density at radius 1 is 0.982 bits per heavy atom. The van der Waals surface area contributed by atoms with Crippen molar-refractivity contribution in [2.75, 3.05) is 12.3 Å². The number of carbonyl (C=O) groups is 4. The molecule has 2 aromatic rings. The van der Waals surface area contributed by atoms with Crippen LogP contribution in [0, 0.1) is 11.3 Å². The molecular formula is C41H56N4O8S2. The molecule has 6 atom stereocenters. The third-order valence-corrected chi connectivity index (χ3v) is 14.5. The molecule has 300 valence electrons. The van der Waals surface area contributed by atoms with Gasteiger partial charge in [-0.15, -0.1) is 6.58 Å². The number of carbonyl (C=O) groups excluding carboxylic acids is 4. The summed E-state index contributed by atoms with van der Waals surface area (Å²) in [5.74, 6) is -2.38. The number of likely N-dealkylation sites (tertiary alicyclic amines) is 1. The molecule has 2 aliphatic carbocycles. The smallest absolute Gasteiger partial charge is 0.408 e. The van der Waals surface area contributed by atoms with Crippen LogP contribution in [0.1, 0.15) is 92.6 Å². The molecule has 5 rings (SSSR count). The maximum Gasteiger partial charge on any atom is 0.408 e. The lowest BCUT2D eigenvalue weighted by molar-refractivity contribution is -0.143. The molecular weight excluding hydrogens is 741 g/mol. The first-order valence-electron chi connectivity index (χ1n) is 19.0. The van der Waals surface area contributed by atoms with E-state index in [-0.39, 0.29) is 19.4 Å². The van der Waals surface area contributed by atoms with E-state index in [0.29, 0.717) is 30.6 Å². The van der Waals surface area contributed by atoms with Crippen LogP contribution >= 0.6 is 0 Å². The lowest BCUT2D eigenvalue weighted by atomic mass is 9.85. The Hall–Kier alpha value is -4.04. The summed E-state index contributed by atoms with van der Waals surface area (Å²) in [5, 5.41) is 4.92. The second kappa shape index (κ2) is 15.8. The minimum Gasteiger partial charge on any atom is -0.444 e. The van der Waals surface area contributed by atoms with Gasteiger partial charge in [-0.3, -0.25) is 23.3 Å². The van der Waals surface area contributed by atoms with Crippen LogP contribution in [0.15, 0.2) is 67.3 Å². The summed E-state index contributed by atoms with van der Waals surface area (Å²) in [6.45, 7) is 16.2. The van der Waals surface area contributed by atoms with Crippen molar-refractivity contribution < 1.29 is 36.5 Å². The number of rotatable bonds is 14. The molecule has 3 fully saturated rings. The maximum absolute atomic E-state index is 14.9. The number of sulfonamides is 1. The third kappa shape index (κ3) is 9.33. The zero-order valence-electron chi connectivity index (χ0n) is 33.0. The largest absolute Gasteiger partial charge is 0.444 e. The number of nitrogens with zero attached hydrogens (tertiary/aromatic N) is 1. The van der Waals surface area contributed by atoms with E-state index < -0.39 is 89.2 Å². The number of amides is 4. The Balaban J connectivity index is 1.57. The number of nitrogens with one attached hydrogen (secondary N) is 3. The van der Waals surface area contributed by atoms with Crippen LogP contribution in [0.3, 0.4) is 0 Å². The van der Waals surface area contributed by atoms with Crippen LogP contribution in [-0.2, 0) is 44.7 Å². The SMILES string of the molecule is C=C[C@@H]1C[C@]1(NC(=O)[C@@H]1C[C@](c2ccc(-c3ccccc3)cc2)(S(=O)CCCC)CN1C(=O)[C@@H](NC(=O)OC(C)(C)C)C(C)(C)C)C(=O)NS(=O)(=O)C1CC1. The Labute approximate surface area is 328 Å². The zero-order valence-corrected chi connectivity index (χ0v) is 34.6. The van der Waals surface area contributed by atoms with Crippen molar-refractivity contribution in [2.24, 2.45) is 11.3 Å². The molecule has 14 heteroatoms. The molecule has 1 unspecified atom stereocenters. The minimum atomic E-state index is -3.93. The topological polar surface area (TPSA) is 168 Å². The highest BCUT2D eigenvalue weighted by Gasteiger charge is 2.63. The average molecular weight is 797 g/mol. The van der Waals surface area contributed by atoms with Gasteiger partial charge >= 0.3 is 6.09 Å². The lowest BCUT2D eigenvalue weighted by Gasteiger charge is -2.36. The first-order chi connectivity index (χ1) is 25.7. The Bertz CT molecular complexity index is 1920. The van der Waals surface area contributed by atoms with Gasteiger partial charge in [-0.1, -0.05) is 94.8 Å². The first-order valence-corrected chi connectivity index (χ1v) is 21.9. The summed E-state index contributed by atoms with van der Waals surface area (Å²) >= 11 is 0. The van der Waals surface area contributed by atoms with Crippen LogP contribution < -0.4 is 15.4 Å². The summed E-state index contributed by atoms with van der Waals surface area (Å²) in [4.78, 5) is 57.8. The van der Waals surface area contributed by atoms with Crippen molar-refractivity contribution in [3.63, 3.8) is 0 Å². The number of benzene rings is 2. The Morgan fingerprint density at radius 2 is 1.60 bits per heavy atom. The highest BCUT2D eigenvalue weighted by molar-refractivity contribution is 7.91. The lowest BCUT2D eigenvalue weighted by Crippen LogP contribution is -2.60. The number of hydrogen-bond donors (Lipinski definition) is 3. The fourth-order valence-electron chi connectivity index (χ4n) is 7.17. The molecule has 12 nitrogen and oxygen atoms in total. The van der Waals surface area contributed by atoms with Crippen LogP contribution in [0.25, 0.3) is 11.1 Å². The highest BCUT2D eigenvalue weighted by Crippen LogP contribution is 2.47. The van der Waals surface area contributed by atoms with Gasteiger partial charge in [-0.05, 0) is 75.0 Å². The maximum atomic E-state index is 14.9. The van der Waals surface area contributed by atoms with Gasteiger partial charge in [-0.2, -0.15) is 0 Å². The van der Waals surface area contributed by atoms with Crippen LogP contribution in [-0.4, -0.2) is 82.1 Å². The average Bonchev–Trinajstić information content (AvgIpc) is 4.05. The molecule has 0 aromatic heterocycles. The quantitative estimate of drug-likeness (QED) is 0.217. The standard InChI is InChI=1S/C41H56N4O8S2/c1-9-11-23-54(50)40(30-19-17-28(18-20-30)27-15-13-12-14-16-27)25-32(45(26-40)35(47)33(38(3,4)5)42-37(49)53-39(6,7)8)34(46)43-41(24-29(41)10-2)36(48)44-55(51,52)31-21-22-31/h10,12-20,29,31-33H,2,9,11,21-26H2,1,3-8H3,(H,42,49)(H,43,46)(H,44,48)/t29-,32+,33-,40+,41-,54?/m1/s1. The van der Waals surface area contributed by atoms with Gasteiger partial charge in [0.15, 0.2) is 0 Å². The molecule has 0 radical (unpaired) electrons. The van der Waals surface area contributed by atoms with Crippen LogP contribution in [0.2, 0.25) is 0 Å². The van der Waals surface area contributed by atoms with Crippen LogP contribution in [0.5, 0.6) is 0 Å². The molecule has 1 saturated heterocycles. The van der Waals surface area contributed by atoms with Crippen molar-refractivity contribution in [1.29, 1.82) is 0 Å². The van der Waals surface area contributed by atoms with Crippen molar-refractivity contribution in [3.05, 3.63) is 72.8 Å². The second-order valence-electron chi connectivity index (χ2n) is 17.2. The Morgan fingerprint density at radius 3 is 2.13 bits per heavy atom. The summed E-state index contributed by atoms with van der Waals surface area (Å²) < 4.78 is 46.8.